The predicted octanol–water partition coefficient (Wildman–Crippen LogP) is 2.44. The molecule has 0 radical (unpaired) electrons. The van der Waals surface area contributed by atoms with Crippen molar-refractivity contribution in [1.29, 1.82) is 0 Å². The first-order valence-electron chi connectivity index (χ1n) is 6.89. The lowest BCUT2D eigenvalue weighted by Crippen LogP contribution is -2.21. The molecule has 1 aromatic carbocycles. The Morgan fingerprint density at radius 3 is 2.17 bits per heavy atom. The van der Waals surface area contributed by atoms with Crippen LogP contribution in [0.15, 0.2) is 24.3 Å². The quantitative estimate of drug-likeness (QED) is 0.610. The maximum Gasteiger partial charge on any atom is 0.416 e. The Morgan fingerprint density at radius 1 is 1.21 bits per heavy atom. The van der Waals surface area contributed by atoms with E-state index in [0.717, 1.165) is 24.3 Å². The summed E-state index contributed by atoms with van der Waals surface area (Å²) in [7, 11) is -3.95. The highest BCUT2D eigenvalue weighted by Gasteiger charge is 2.31. The van der Waals surface area contributed by atoms with E-state index in [1.54, 1.807) is 0 Å². The standard InChI is InChI=1S/C14H17F3NO5P/c15-14(16,17)11-4-1-9(2-5-11)7-24(22,23)8-10(13(20)21)3-6-12(18)19/h1-2,4-5,10H,3,6-8H2,(H2,18,19)(H,20,21)(H,22,23). The molecule has 0 aromatic heterocycles. The molecule has 6 nitrogen and oxygen atoms in total. The van der Waals surface area contributed by atoms with E-state index in [9.17, 15) is 32.2 Å². The maximum absolute atomic E-state index is 12.5. The smallest absolute Gasteiger partial charge is 0.416 e. The normalized spacial score (nSPS) is 15.5. The van der Waals surface area contributed by atoms with Crippen LogP contribution in [0.1, 0.15) is 24.0 Å². The molecule has 0 saturated heterocycles. The number of alkyl halides is 3. The summed E-state index contributed by atoms with van der Waals surface area (Å²) in [4.78, 5) is 31.7. The van der Waals surface area contributed by atoms with Crippen molar-refractivity contribution >= 4 is 19.2 Å². The largest absolute Gasteiger partial charge is 0.481 e. The molecule has 0 spiro atoms. The molecule has 1 amide bonds. The highest BCUT2D eigenvalue weighted by atomic mass is 31.2. The fourth-order valence-electron chi connectivity index (χ4n) is 2.10. The van der Waals surface area contributed by atoms with Crippen molar-refractivity contribution in [2.24, 2.45) is 11.7 Å². The van der Waals surface area contributed by atoms with Crippen LogP contribution in [-0.4, -0.2) is 28.0 Å². The second kappa shape index (κ2) is 7.81. The predicted molar refractivity (Wildman–Crippen MR) is 79.4 cm³/mol. The number of carboxylic acid groups (broad SMARTS) is 1. The molecule has 0 aliphatic carbocycles. The molecule has 4 N–H and O–H groups in total. The summed E-state index contributed by atoms with van der Waals surface area (Å²) in [5.41, 5.74) is 4.22. The van der Waals surface area contributed by atoms with Crippen LogP contribution in [0.5, 0.6) is 0 Å². The van der Waals surface area contributed by atoms with Gasteiger partial charge in [0.2, 0.25) is 13.3 Å². The Balaban J connectivity index is 2.78. The number of carboxylic acids is 1. The van der Waals surface area contributed by atoms with Crippen molar-refractivity contribution < 1.29 is 37.3 Å². The van der Waals surface area contributed by atoms with Crippen molar-refractivity contribution in [3.8, 4) is 0 Å². The zero-order chi connectivity index (χ0) is 18.5. The van der Waals surface area contributed by atoms with Gasteiger partial charge in [-0.2, -0.15) is 13.2 Å². The molecule has 1 aromatic rings. The Morgan fingerprint density at radius 2 is 1.75 bits per heavy atom. The average Bonchev–Trinajstić information content (AvgIpc) is 2.42. The Kier molecular flexibility index (Phi) is 6.57. The molecule has 0 saturated carbocycles. The highest BCUT2D eigenvalue weighted by Crippen LogP contribution is 2.47. The third-order valence-electron chi connectivity index (χ3n) is 3.31. The van der Waals surface area contributed by atoms with Gasteiger partial charge in [-0.3, -0.25) is 14.2 Å². The average molecular weight is 367 g/mol. The van der Waals surface area contributed by atoms with E-state index in [1.165, 1.54) is 0 Å². The number of aliphatic carboxylic acids is 1. The van der Waals surface area contributed by atoms with Crippen molar-refractivity contribution in [3.63, 3.8) is 0 Å². The third-order valence-corrected chi connectivity index (χ3v) is 5.18. The summed E-state index contributed by atoms with van der Waals surface area (Å²) in [5.74, 6) is -3.29. The lowest BCUT2D eigenvalue weighted by Gasteiger charge is -2.17. The second-order valence-corrected chi connectivity index (χ2v) is 7.80. The van der Waals surface area contributed by atoms with Gasteiger partial charge in [0.1, 0.15) is 0 Å². The van der Waals surface area contributed by atoms with Gasteiger partial charge in [0, 0.05) is 18.7 Å². The Bertz CT molecular complexity index is 645. The van der Waals surface area contributed by atoms with Gasteiger partial charge in [0.15, 0.2) is 0 Å². The molecule has 2 unspecified atom stereocenters. The summed E-state index contributed by atoms with van der Waals surface area (Å²) < 4.78 is 49.6. The minimum atomic E-state index is -4.51. The number of hydrogen-bond acceptors (Lipinski definition) is 3. The number of nitrogens with two attached hydrogens (primary N) is 1. The number of rotatable bonds is 8. The second-order valence-electron chi connectivity index (χ2n) is 5.42. The first-order chi connectivity index (χ1) is 10.9. The highest BCUT2D eigenvalue weighted by molar-refractivity contribution is 7.57. The van der Waals surface area contributed by atoms with Crippen molar-refractivity contribution in [2.75, 3.05) is 6.16 Å². The number of carbonyl (C=O) groups excluding carboxylic acids is 1. The third kappa shape index (κ3) is 6.72. The summed E-state index contributed by atoms with van der Waals surface area (Å²) >= 11 is 0. The molecule has 10 heteroatoms. The van der Waals surface area contributed by atoms with Crippen molar-refractivity contribution in [3.05, 3.63) is 35.4 Å². The lowest BCUT2D eigenvalue weighted by atomic mass is 10.1. The molecule has 1 rings (SSSR count). The van der Waals surface area contributed by atoms with Gasteiger partial charge >= 0.3 is 12.1 Å². The number of halogens is 3. The zero-order valence-corrected chi connectivity index (χ0v) is 13.4. The van der Waals surface area contributed by atoms with Crippen LogP contribution in [0.25, 0.3) is 0 Å². The van der Waals surface area contributed by atoms with Crippen LogP contribution in [-0.2, 0) is 26.5 Å². The molecular weight excluding hydrogens is 350 g/mol. The van der Waals surface area contributed by atoms with E-state index < -0.39 is 49.2 Å². The molecular formula is C14H17F3NO5P. The summed E-state index contributed by atoms with van der Waals surface area (Å²) in [6.45, 7) is 0. The van der Waals surface area contributed by atoms with E-state index in [-0.39, 0.29) is 18.4 Å². The molecule has 134 valence electrons. The molecule has 2 atom stereocenters. The minimum absolute atomic E-state index is 0.178. The number of primary amides is 1. The Labute approximate surface area is 135 Å². The Hall–Kier alpha value is -1.86. The molecule has 0 heterocycles. The van der Waals surface area contributed by atoms with E-state index in [2.05, 4.69) is 0 Å². The molecule has 0 bridgehead atoms. The molecule has 24 heavy (non-hydrogen) atoms. The maximum atomic E-state index is 12.5. The summed E-state index contributed by atoms with van der Waals surface area (Å²) in [6, 6.07) is 3.73. The summed E-state index contributed by atoms with van der Waals surface area (Å²) in [6.07, 6.45) is -5.97. The molecule has 0 aliphatic heterocycles. The van der Waals surface area contributed by atoms with Crippen LogP contribution in [0, 0.1) is 5.92 Å². The monoisotopic (exact) mass is 367 g/mol. The molecule has 0 fully saturated rings. The van der Waals surface area contributed by atoms with Gasteiger partial charge in [0.05, 0.1) is 11.5 Å². The van der Waals surface area contributed by atoms with E-state index in [0.29, 0.717) is 0 Å². The fourth-order valence-corrected chi connectivity index (χ4v) is 4.04. The number of hydrogen-bond donors (Lipinski definition) is 3. The first-order valence-corrected chi connectivity index (χ1v) is 8.92. The van der Waals surface area contributed by atoms with Crippen molar-refractivity contribution in [1.82, 2.24) is 0 Å². The number of carbonyl (C=O) groups is 2. The zero-order valence-electron chi connectivity index (χ0n) is 12.5. The lowest BCUT2D eigenvalue weighted by molar-refractivity contribution is -0.141. The SMILES string of the molecule is NC(=O)CCC(CP(=O)(O)Cc1ccc(C(F)(F)F)cc1)C(=O)O. The number of benzene rings is 1. The van der Waals surface area contributed by atoms with Crippen LogP contribution in [0.4, 0.5) is 13.2 Å². The molecule has 0 aliphatic rings. The van der Waals surface area contributed by atoms with Crippen LogP contribution >= 0.6 is 7.37 Å². The van der Waals surface area contributed by atoms with E-state index in [1.807, 2.05) is 0 Å². The van der Waals surface area contributed by atoms with Crippen LogP contribution in [0.3, 0.4) is 0 Å². The van der Waals surface area contributed by atoms with Crippen molar-refractivity contribution in [2.45, 2.75) is 25.2 Å². The van der Waals surface area contributed by atoms with E-state index >= 15 is 0 Å². The summed E-state index contributed by atoms with van der Waals surface area (Å²) in [5, 5.41) is 9.03. The van der Waals surface area contributed by atoms with Gasteiger partial charge in [-0.05, 0) is 24.1 Å². The van der Waals surface area contributed by atoms with Gasteiger partial charge in [0.25, 0.3) is 0 Å². The van der Waals surface area contributed by atoms with Crippen LogP contribution < -0.4 is 5.73 Å². The van der Waals surface area contributed by atoms with Crippen LogP contribution in [0.2, 0.25) is 0 Å². The van der Waals surface area contributed by atoms with Gasteiger partial charge in [-0.1, -0.05) is 12.1 Å². The van der Waals surface area contributed by atoms with Gasteiger partial charge in [-0.15, -0.1) is 0 Å². The topological polar surface area (TPSA) is 118 Å². The minimum Gasteiger partial charge on any atom is -0.481 e. The van der Waals surface area contributed by atoms with E-state index in [4.69, 9.17) is 10.8 Å². The number of amides is 1. The van der Waals surface area contributed by atoms with Gasteiger partial charge < -0.3 is 15.7 Å². The fraction of sp³-hybridized carbons (Fsp3) is 0.429. The van der Waals surface area contributed by atoms with Gasteiger partial charge in [-0.25, -0.2) is 0 Å². The first kappa shape index (κ1) is 20.2.